The van der Waals surface area contributed by atoms with Crippen molar-refractivity contribution in [1.82, 2.24) is 0 Å². The van der Waals surface area contributed by atoms with Gasteiger partial charge in [0.05, 0.1) is 28.9 Å². The Balaban J connectivity index is 2.18. The van der Waals surface area contributed by atoms with Crippen LogP contribution in [0.3, 0.4) is 0 Å². The number of para-hydroxylation sites is 1. The van der Waals surface area contributed by atoms with Crippen LogP contribution in [0.2, 0.25) is 5.02 Å². The lowest BCUT2D eigenvalue weighted by Crippen LogP contribution is -2.12. The van der Waals surface area contributed by atoms with Crippen molar-refractivity contribution in [3.05, 3.63) is 70.3 Å². The highest BCUT2D eigenvalue weighted by Crippen LogP contribution is 2.35. The molecule has 4 nitrogen and oxygen atoms in total. The highest BCUT2D eigenvalue weighted by molar-refractivity contribution is 6.31. The van der Waals surface area contributed by atoms with E-state index in [4.69, 9.17) is 11.6 Å². The molecule has 0 aliphatic heterocycles. The molecule has 1 N–H and O–H groups in total. The summed E-state index contributed by atoms with van der Waals surface area (Å²) in [4.78, 5) is 23.6. The Hall–Kier alpha value is -2.80. The molecule has 0 aliphatic carbocycles. The van der Waals surface area contributed by atoms with Crippen molar-refractivity contribution in [2.45, 2.75) is 6.18 Å². The molecule has 0 saturated heterocycles. The van der Waals surface area contributed by atoms with Gasteiger partial charge in [-0.25, -0.2) is 4.79 Å². The Kier molecular flexibility index (Phi) is 6.05. The summed E-state index contributed by atoms with van der Waals surface area (Å²) in [5, 5.41) is 2.05. The summed E-state index contributed by atoms with van der Waals surface area (Å²) >= 11 is 5.54. The van der Waals surface area contributed by atoms with Gasteiger partial charge in [0.25, 0.3) is 0 Å². The van der Waals surface area contributed by atoms with Crippen LogP contribution >= 0.6 is 11.6 Å². The highest BCUT2D eigenvalue weighted by atomic mass is 35.5. The zero-order chi connectivity index (χ0) is 19.3. The Bertz CT molecular complexity index is 863. The summed E-state index contributed by atoms with van der Waals surface area (Å²) in [6, 6.07) is 9.49. The molecular formula is C18H13ClF3NO3. The predicted molar refractivity (Wildman–Crippen MR) is 91.9 cm³/mol. The number of carbonyl (C=O) groups is 2. The molecule has 0 atom stereocenters. The van der Waals surface area contributed by atoms with Crippen LogP contribution in [0.1, 0.15) is 21.5 Å². The number of rotatable bonds is 4. The molecule has 0 bridgehead atoms. The third kappa shape index (κ3) is 4.86. The molecule has 26 heavy (non-hydrogen) atoms. The van der Waals surface area contributed by atoms with E-state index in [-0.39, 0.29) is 16.8 Å². The van der Waals surface area contributed by atoms with E-state index in [1.807, 2.05) is 0 Å². The fraction of sp³-hybridized carbons (Fsp3) is 0.111. The van der Waals surface area contributed by atoms with Crippen LogP contribution in [0.5, 0.6) is 0 Å². The van der Waals surface area contributed by atoms with Gasteiger partial charge >= 0.3 is 12.1 Å². The van der Waals surface area contributed by atoms with Gasteiger partial charge in [-0.1, -0.05) is 29.8 Å². The first-order chi connectivity index (χ1) is 12.2. The summed E-state index contributed by atoms with van der Waals surface area (Å²) in [5.41, 5.74) is -0.459. The fourth-order valence-corrected chi connectivity index (χ4v) is 2.31. The molecule has 0 aromatic heterocycles. The topological polar surface area (TPSA) is 55.4 Å². The van der Waals surface area contributed by atoms with Crippen molar-refractivity contribution in [1.29, 1.82) is 0 Å². The summed E-state index contributed by atoms with van der Waals surface area (Å²) in [6.07, 6.45) is -2.33. The summed E-state index contributed by atoms with van der Waals surface area (Å²) < 4.78 is 43.1. The van der Waals surface area contributed by atoms with Crippen molar-refractivity contribution >= 4 is 35.2 Å². The van der Waals surface area contributed by atoms with Crippen LogP contribution < -0.4 is 5.32 Å². The molecule has 2 aromatic rings. The minimum atomic E-state index is -4.59. The van der Waals surface area contributed by atoms with Crippen molar-refractivity contribution < 1.29 is 27.5 Å². The third-order valence-electron chi connectivity index (χ3n) is 3.31. The SMILES string of the molecule is COC(=O)c1ccccc1NC(=O)/C=C/c1ccc(Cl)c(C(F)(F)F)c1. The minimum Gasteiger partial charge on any atom is -0.465 e. The summed E-state index contributed by atoms with van der Waals surface area (Å²) in [6.45, 7) is 0. The van der Waals surface area contributed by atoms with E-state index in [1.54, 1.807) is 12.1 Å². The van der Waals surface area contributed by atoms with Gasteiger partial charge in [0.15, 0.2) is 0 Å². The molecule has 0 aliphatic rings. The lowest BCUT2D eigenvalue weighted by Gasteiger charge is -2.09. The van der Waals surface area contributed by atoms with Gasteiger partial charge < -0.3 is 10.1 Å². The molecule has 0 unspecified atom stereocenters. The zero-order valence-corrected chi connectivity index (χ0v) is 14.2. The number of methoxy groups -OCH3 is 1. The van der Waals surface area contributed by atoms with Crippen molar-refractivity contribution in [3.8, 4) is 0 Å². The lowest BCUT2D eigenvalue weighted by molar-refractivity contribution is -0.137. The van der Waals surface area contributed by atoms with Gasteiger partial charge in [-0.05, 0) is 35.9 Å². The van der Waals surface area contributed by atoms with Crippen LogP contribution in [0, 0.1) is 0 Å². The Morgan fingerprint density at radius 2 is 1.85 bits per heavy atom. The van der Waals surface area contributed by atoms with Crippen LogP contribution in [0.4, 0.5) is 18.9 Å². The smallest absolute Gasteiger partial charge is 0.417 e. The maximum Gasteiger partial charge on any atom is 0.417 e. The number of esters is 1. The maximum atomic E-state index is 12.8. The number of hydrogen-bond acceptors (Lipinski definition) is 3. The van der Waals surface area contributed by atoms with E-state index >= 15 is 0 Å². The van der Waals surface area contributed by atoms with Crippen molar-refractivity contribution in [2.75, 3.05) is 12.4 Å². The molecule has 0 fully saturated rings. The summed E-state index contributed by atoms with van der Waals surface area (Å²) in [7, 11) is 1.21. The molecule has 0 heterocycles. The van der Waals surface area contributed by atoms with E-state index < -0.39 is 28.6 Å². The molecule has 0 spiro atoms. The predicted octanol–water partition coefficient (Wildman–Crippen LogP) is 4.80. The molecular weight excluding hydrogens is 371 g/mol. The first kappa shape index (κ1) is 19.5. The minimum absolute atomic E-state index is 0.151. The van der Waals surface area contributed by atoms with Crippen molar-refractivity contribution in [2.24, 2.45) is 0 Å². The van der Waals surface area contributed by atoms with E-state index in [0.29, 0.717) is 0 Å². The average Bonchev–Trinajstić information content (AvgIpc) is 2.60. The van der Waals surface area contributed by atoms with Crippen LogP contribution in [0.25, 0.3) is 6.08 Å². The second-order valence-corrected chi connectivity index (χ2v) is 5.50. The van der Waals surface area contributed by atoms with Crippen LogP contribution in [0.15, 0.2) is 48.5 Å². The molecule has 8 heteroatoms. The normalized spacial score (nSPS) is 11.4. The van der Waals surface area contributed by atoms with Gasteiger partial charge in [0, 0.05) is 6.08 Å². The molecule has 0 radical (unpaired) electrons. The number of halogens is 4. The highest BCUT2D eigenvalue weighted by Gasteiger charge is 2.33. The molecule has 2 aromatic carbocycles. The number of hydrogen-bond donors (Lipinski definition) is 1. The van der Waals surface area contributed by atoms with E-state index in [2.05, 4.69) is 10.1 Å². The van der Waals surface area contributed by atoms with Gasteiger partial charge in [-0.2, -0.15) is 13.2 Å². The lowest BCUT2D eigenvalue weighted by atomic mass is 10.1. The molecule has 136 valence electrons. The number of benzene rings is 2. The first-order valence-corrected chi connectivity index (χ1v) is 7.63. The fourth-order valence-electron chi connectivity index (χ4n) is 2.09. The van der Waals surface area contributed by atoms with Crippen LogP contribution in [-0.4, -0.2) is 19.0 Å². The van der Waals surface area contributed by atoms with Crippen molar-refractivity contribution in [3.63, 3.8) is 0 Å². The molecule has 2 rings (SSSR count). The quantitative estimate of drug-likeness (QED) is 0.609. The summed E-state index contributed by atoms with van der Waals surface area (Å²) in [5.74, 6) is -1.25. The number of anilines is 1. The zero-order valence-electron chi connectivity index (χ0n) is 13.4. The Morgan fingerprint density at radius 1 is 1.15 bits per heavy atom. The van der Waals surface area contributed by atoms with Gasteiger partial charge in [0.2, 0.25) is 5.91 Å². The Labute approximate surface area is 152 Å². The van der Waals surface area contributed by atoms with Gasteiger partial charge in [-0.15, -0.1) is 0 Å². The van der Waals surface area contributed by atoms with E-state index in [1.165, 1.54) is 31.4 Å². The van der Waals surface area contributed by atoms with Gasteiger partial charge in [0.1, 0.15) is 0 Å². The van der Waals surface area contributed by atoms with Gasteiger partial charge in [-0.3, -0.25) is 4.79 Å². The third-order valence-corrected chi connectivity index (χ3v) is 3.64. The Morgan fingerprint density at radius 3 is 2.50 bits per heavy atom. The second kappa shape index (κ2) is 8.05. The number of nitrogens with one attached hydrogen (secondary N) is 1. The first-order valence-electron chi connectivity index (χ1n) is 7.25. The number of alkyl halides is 3. The number of carbonyl (C=O) groups excluding carboxylic acids is 2. The molecule has 0 saturated carbocycles. The standard InChI is InChI=1S/C18H13ClF3NO3/c1-26-17(25)12-4-2-3-5-15(12)23-16(24)9-7-11-6-8-14(19)13(10-11)18(20,21)22/h2-10H,1H3,(H,23,24)/b9-7+. The average molecular weight is 384 g/mol. The largest absolute Gasteiger partial charge is 0.465 e. The maximum absolute atomic E-state index is 12.8. The second-order valence-electron chi connectivity index (χ2n) is 5.10. The van der Waals surface area contributed by atoms with E-state index in [0.717, 1.165) is 18.2 Å². The number of ether oxygens (including phenoxy) is 1. The monoisotopic (exact) mass is 383 g/mol. The molecule has 1 amide bonds. The van der Waals surface area contributed by atoms with Crippen LogP contribution in [-0.2, 0) is 15.7 Å². The van der Waals surface area contributed by atoms with E-state index in [9.17, 15) is 22.8 Å². The number of amides is 1.